The molecular weight excluding hydrogens is 320 g/mol. The van der Waals surface area contributed by atoms with Crippen molar-refractivity contribution in [2.75, 3.05) is 7.11 Å². The third kappa shape index (κ3) is 3.90. The maximum Gasteiger partial charge on any atom is 0.305 e. The molecule has 8 heteroatoms. The van der Waals surface area contributed by atoms with Gasteiger partial charge in [0, 0.05) is 25.9 Å². The van der Waals surface area contributed by atoms with Crippen LogP contribution in [0.3, 0.4) is 0 Å². The fourth-order valence-corrected chi connectivity index (χ4v) is 3.66. The number of ether oxygens (including phenoxy) is 1. The molecule has 0 bridgehead atoms. The number of methoxy groups -OCH3 is 1. The minimum atomic E-state index is -3.85. The number of rotatable bonds is 7. The first-order valence-electron chi connectivity index (χ1n) is 7.06. The zero-order valence-corrected chi connectivity index (χ0v) is 14.0. The van der Waals surface area contributed by atoms with Crippen molar-refractivity contribution in [2.45, 2.75) is 30.4 Å². The Morgan fingerprint density at radius 2 is 2.09 bits per heavy atom. The van der Waals surface area contributed by atoms with Gasteiger partial charge < -0.3 is 14.4 Å². The number of sulfonamides is 1. The van der Waals surface area contributed by atoms with E-state index in [-0.39, 0.29) is 11.3 Å². The highest BCUT2D eigenvalue weighted by atomic mass is 32.2. The van der Waals surface area contributed by atoms with E-state index >= 15 is 0 Å². The third-order valence-electron chi connectivity index (χ3n) is 3.81. The van der Waals surface area contributed by atoms with Crippen LogP contribution in [0.15, 0.2) is 35.4 Å². The monoisotopic (exact) mass is 340 g/mol. The fraction of sp³-hybridized carbons (Fsp3) is 0.400. The van der Waals surface area contributed by atoms with Crippen LogP contribution in [0.4, 0.5) is 0 Å². The van der Waals surface area contributed by atoms with Gasteiger partial charge in [0.15, 0.2) is 0 Å². The Labute approximate surface area is 134 Å². The van der Waals surface area contributed by atoms with E-state index in [1.807, 2.05) is 23.9 Å². The highest BCUT2D eigenvalue weighted by molar-refractivity contribution is 7.89. The van der Waals surface area contributed by atoms with Gasteiger partial charge >= 0.3 is 5.97 Å². The maximum absolute atomic E-state index is 12.6. The number of nitrogens with zero attached hydrogens (tertiary/aromatic N) is 1. The first kappa shape index (κ1) is 17.5. The molecule has 0 aliphatic carbocycles. The summed E-state index contributed by atoms with van der Waals surface area (Å²) in [7, 11) is -0.621. The Bertz CT molecular complexity index is 812. The molecule has 0 fully saturated rings. The van der Waals surface area contributed by atoms with Crippen molar-refractivity contribution in [2.24, 2.45) is 7.05 Å². The molecule has 23 heavy (non-hydrogen) atoms. The second kappa shape index (κ2) is 6.69. The van der Waals surface area contributed by atoms with Crippen molar-refractivity contribution in [3.8, 4) is 0 Å². The average molecular weight is 340 g/mol. The number of carbonyl (C=O) groups is 1. The van der Waals surface area contributed by atoms with Crippen molar-refractivity contribution in [1.29, 1.82) is 0 Å². The van der Waals surface area contributed by atoms with Gasteiger partial charge in [-0.3, -0.25) is 4.79 Å². The van der Waals surface area contributed by atoms with Gasteiger partial charge in [-0.25, -0.2) is 13.1 Å². The van der Waals surface area contributed by atoms with E-state index in [0.29, 0.717) is 0 Å². The Morgan fingerprint density at radius 3 is 2.70 bits per heavy atom. The molecule has 0 spiro atoms. The normalized spacial score (nSPS) is 14.7. The Hall–Kier alpha value is -1.90. The Balaban J connectivity index is 2.34. The van der Waals surface area contributed by atoms with Crippen LogP contribution in [-0.2, 0) is 26.6 Å². The average Bonchev–Trinajstić information content (AvgIpc) is 2.86. The van der Waals surface area contributed by atoms with E-state index in [1.165, 1.54) is 13.2 Å². The molecule has 2 atom stereocenters. The van der Waals surface area contributed by atoms with Crippen LogP contribution in [0.25, 0.3) is 10.9 Å². The van der Waals surface area contributed by atoms with Crippen LogP contribution >= 0.6 is 0 Å². The standard InChI is InChI=1S/C15H20N2O5S/c1-10(22-3)13(9-15(18)19)16-23(20,21)12-5-4-11-6-7-17(2)14(11)8-12/h4-8,10,13,16H,9H2,1-3H3,(H,18,19)/t10-,13-/m1/s1. The summed E-state index contributed by atoms with van der Waals surface area (Å²) in [6.07, 6.45) is 0.912. The van der Waals surface area contributed by atoms with Gasteiger partial charge in [0.1, 0.15) is 0 Å². The molecule has 1 aromatic carbocycles. The van der Waals surface area contributed by atoms with Crippen LogP contribution in [0.2, 0.25) is 0 Å². The molecule has 2 N–H and O–H groups in total. The molecule has 0 aliphatic rings. The topological polar surface area (TPSA) is 97.6 Å². The predicted molar refractivity (Wildman–Crippen MR) is 85.8 cm³/mol. The molecule has 0 saturated heterocycles. The number of aliphatic carboxylic acids is 1. The molecule has 2 aromatic rings. The van der Waals surface area contributed by atoms with Crippen molar-refractivity contribution >= 4 is 26.9 Å². The molecule has 0 saturated carbocycles. The summed E-state index contributed by atoms with van der Waals surface area (Å²) in [5, 5.41) is 9.88. The number of aromatic nitrogens is 1. The first-order valence-corrected chi connectivity index (χ1v) is 8.55. The smallest absolute Gasteiger partial charge is 0.305 e. The van der Waals surface area contributed by atoms with E-state index in [4.69, 9.17) is 9.84 Å². The molecule has 0 unspecified atom stereocenters. The molecule has 1 heterocycles. The Kier molecular flexibility index (Phi) is 5.08. The lowest BCUT2D eigenvalue weighted by Crippen LogP contribution is -2.44. The largest absolute Gasteiger partial charge is 0.481 e. The van der Waals surface area contributed by atoms with Crippen molar-refractivity contribution in [1.82, 2.24) is 9.29 Å². The SMILES string of the molecule is CO[C@H](C)[C@@H](CC(=O)O)NS(=O)(=O)c1ccc2ccn(C)c2c1. The van der Waals surface area contributed by atoms with E-state index in [1.54, 1.807) is 19.1 Å². The Morgan fingerprint density at radius 1 is 1.39 bits per heavy atom. The van der Waals surface area contributed by atoms with Gasteiger partial charge in [-0.2, -0.15) is 0 Å². The van der Waals surface area contributed by atoms with Gasteiger partial charge in [0.25, 0.3) is 0 Å². The van der Waals surface area contributed by atoms with E-state index in [0.717, 1.165) is 10.9 Å². The number of carboxylic acids is 1. The summed E-state index contributed by atoms with van der Waals surface area (Å²) in [6, 6.07) is 5.81. The molecule has 0 aliphatic heterocycles. The van der Waals surface area contributed by atoms with Gasteiger partial charge in [0.2, 0.25) is 10.0 Å². The summed E-state index contributed by atoms with van der Waals surface area (Å²) < 4.78 is 34.4. The minimum Gasteiger partial charge on any atom is -0.481 e. The summed E-state index contributed by atoms with van der Waals surface area (Å²) >= 11 is 0. The predicted octanol–water partition coefficient (Wildman–Crippen LogP) is 1.33. The molecule has 126 valence electrons. The molecule has 0 amide bonds. The number of hydrogen-bond acceptors (Lipinski definition) is 4. The van der Waals surface area contributed by atoms with Crippen LogP contribution in [0, 0.1) is 0 Å². The lowest BCUT2D eigenvalue weighted by Gasteiger charge is -2.22. The molecule has 7 nitrogen and oxygen atoms in total. The molecular formula is C15H20N2O5S. The van der Waals surface area contributed by atoms with Crippen molar-refractivity contribution < 1.29 is 23.1 Å². The number of hydrogen-bond donors (Lipinski definition) is 2. The summed E-state index contributed by atoms with van der Waals surface area (Å²) in [4.78, 5) is 11.0. The molecule has 1 aromatic heterocycles. The summed E-state index contributed by atoms with van der Waals surface area (Å²) in [5.41, 5.74) is 0.780. The van der Waals surface area contributed by atoms with Crippen LogP contribution in [0.5, 0.6) is 0 Å². The molecule has 2 rings (SSSR count). The number of carboxylic acid groups (broad SMARTS) is 1. The quantitative estimate of drug-likeness (QED) is 0.792. The van der Waals surface area contributed by atoms with Crippen LogP contribution in [-0.4, -0.2) is 43.3 Å². The van der Waals surface area contributed by atoms with Gasteiger partial charge in [-0.15, -0.1) is 0 Å². The second-order valence-corrected chi connectivity index (χ2v) is 7.13. The van der Waals surface area contributed by atoms with Gasteiger partial charge in [0.05, 0.1) is 23.5 Å². The fourth-order valence-electron chi connectivity index (χ4n) is 2.33. The number of aryl methyl sites for hydroxylation is 1. The highest BCUT2D eigenvalue weighted by Gasteiger charge is 2.27. The molecule has 0 radical (unpaired) electrons. The first-order chi connectivity index (χ1) is 10.7. The minimum absolute atomic E-state index is 0.0884. The number of benzene rings is 1. The van der Waals surface area contributed by atoms with Crippen molar-refractivity contribution in [3.05, 3.63) is 30.5 Å². The highest BCUT2D eigenvalue weighted by Crippen LogP contribution is 2.20. The van der Waals surface area contributed by atoms with E-state index in [9.17, 15) is 13.2 Å². The maximum atomic E-state index is 12.6. The van der Waals surface area contributed by atoms with E-state index in [2.05, 4.69) is 4.72 Å². The lowest BCUT2D eigenvalue weighted by atomic mass is 10.1. The number of nitrogens with one attached hydrogen (secondary N) is 1. The van der Waals surface area contributed by atoms with E-state index < -0.39 is 28.1 Å². The zero-order valence-electron chi connectivity index (χ0n) is 13.2. The summed E-state index contributed by atoms with van der Waals surface area (Å²) in [5.74, 6) is -1.10. The second-order valence-electron chi connectivity index (χ2n) is 5.41. The number of fused-ring (bicyclic) bond motifs is 1. The third-order valence-corrected chi connectivity index (χ3v) is 5.30. The summed E-state index contributed by atoms with van der Waals surface area (Å²) in [6.45, 7) is 1.62. The van der Waals surface area contributed by atoms with Gasteiger partial charge in [-0.1, -0.05) is 6.07 Å². The van der Waals surface area contributed by atoms with Crippen LogP contribution < -0.4 is 4.72 Å². The van der Waals surface area contributed by atoms with Crippen LogP contribution in [0.1, 0.15) is 13.3 Å². The van der Waals surface area contributed by atoms with Gasteiger partial charge in [-0.05, 0) is 30.5 Å². The zero-order chi connectivity index (χ0) is 17.2. The lowest BCUT2D eigenvalue weighted by molar-refractivity contribution is -0.138. The van der Waals surface area contributed by atoms with Crippen molar-refractivity contribution in [3.63, 3.8) is 0 Å².